The molecule has 0 spiro atoms. The van der Waals surface area contributed by atoms with Crippen LogP contribution in [0.25, 0.3) is 38.2 Å². The fourth-order valence-corrected chi connectivity index (χ4v) is 5.19. The van der Waals surface area contributed by atoms with Gasteiger partial charge in [-0.3, -0.25) is 4.79 Å². The van der Waals surface area contributed by atoms with Crippen LogP contribution in [0, 0.1) is 6.92 Å². The third-order valence-corrected chi connectivity index (χ3v) is 6.79. The van der Waals surface area contributed by atoms with Gasteiger partial charge >= 0.3 is 0 Å². The van der Waals surface area contributed by atoms with Crippen LogP contribution in [-0.2, 0) is 4.79 Å². The summed E-state index contributed by atoms with van der Waals surface area (Å²) >= 11 is 13.8. The molecule has 0 fully saturated rings. The van der Waals surface area contributed by atoms with Crippen LogP contribution in [0.4, 0.5) is 5.69 Å². The number of fused-ring (bicyclic) bond motifs is 1. The Labute approximate surface area is 210 Å². The highest BCUT2D eigenvalue weighted by molar-refractivity contribution is 7.21. The normalized spacial score (nSPS) is 11.4. The minimum absolute atomic E-state index is 0.256. The average Bonchev–Trinajstić information content (AvgIpc) is 3.45. The smallest absolute Gasteiger partial charge is 0.248 e. The minimum atomic E-state index is -0.256. The van der Waals surface area contributed by atoms with Crippen molar-refractivity contribution in [1.82, 2.24) is 4.98 Å². The van der Waals surface area contributed by atoms with E-state index in [2.05, 4.69) is 11.4 Å². The Hall–Kier alpha value is -3.38. The molecule has 0 radical (unpaired) electrons. The number of thiazole rings is 1. The Balaban J connectivity index is 1.32. The summed E-state index contributed by atoms with van der Waals surface area (Å²) in [5.74, 6) is 0.901. The molecule has 5 aromatic rings. The summed E-state index contributed by atoms with van der Waals surface area (Å²) in [7, 11) is 0. The molecule has 0 saturated carbocycles. The van der Waals surface area contributed by atoms with Gasteiger partial charge in [0.2, 0.25) is 5.91 Å². The van der Waals surface area contributed by atoms with E-state index in [9.17, 15) is 4.79 Å². The fraction of sp³-hybridized carbons (Fsp3) is 0.0370. The van der Waals surface area contributed by atoms with E-state index in [0.29, 0.717) is 21.6 Å². The summed E-state index contributed by atoms with van der Waals surface area (Å²) in [6.45, 7) is 1.98. The second-order valence-electron chi connectivity index (χ2n) is 7.65. The largest absolute Gasteiger partial charge is 0.457 e. The molecule has 168 valence electrons. The number of furan rings is 1. The molecule has 0 aliphatic carbocycles. The first kappa shape index (κ1) is 22.4. The fourth-order valence-electron chi connectivity index (χ4n) is 3.62. The quantitative estimate of drug-likeness (QED) is 0.244. The molecule has 4 nitrogen and oxygen atoms in total. The number of rotatable bonds is 5. The Morgan fingerprint density at radius 2 is 1.79 bits per heavy atom. The Morgan fingerprint density at radius 3 is 2.59 bits per heavy atom. The molecular weight excluding hydrogens is 487 g/mol. The Morgan fingerprint density at radius 1 is 1.00 bits per heavy atom. The first-order valence-electron chi connectivity index (χ1n) is 10.5. The van der Waals surface area contributed by atoms with E-state index in [0.717, 1.165) is 37.6 Å². The van der Waals surface area contributed by atoms with E-state index in [1.807, 2.05) is 49.4 Å². The third kappa shape index (κ3) is 4.77. The van der Waals surface area contributed by atoms with Crippen molar-refractivity contribution in [2.45, 2.75) is 6.92 Å². The lowest BCUT2D eigenvalue weighted by Gasteiger charge is -2.10. The third-order valence-electron chi connectivity index (χ3n) is 5.29. The van der Waals surface area contributed by atoms with Gasteiger partial charge in [0.25, 0.3) is 0 Å². The zero-order valence-corrected chi connectivity index (χ0v) is 20.3. The molecule has 34 heavy (non-hydrogen) atoms. The van der Waals surface area contributed by atoms with Crippen LogP contribution in [0.2, 0.25) is 10.0 Å². The topological polar surface area (TPSA) is 55.1 Å². The van der Waals surface area contributed by atoms with Gasteiger partial charge < -0.3 is 9.73 Å². The lowest BCUT2D eigenvalue weighted by Crippen LogP contribution is -2.09. The number of nitrogens with zero attached hydrogens (tertiary/aromatic N) is 1. The molecule has 2 heterocycles. The number of nitrogens with one attached hydrogen (secondary N) is 1. The van der Waals surface area contributed by atoms with E-state index in [1.165, 1.54) is 6.08 Å². The van der Waals surface area contributed by atoms with Gasteiger partial charge in [-0.05, 0) is 67.1 Å². The van der Waals surface area contributed by atoms with Crippen LogP contribution in [0.3, 0.4) is 0 Å². The summed E-state index contributed by atoms with van der Waals surface area (Å²) in [6.07, 6.45) is 3.06. The lowest BCUT2D eigenvalue weighted by molar-refractivity contribution is -0.111. The molecular formula is C27H18Cl2N2O2S. The maximum atomic E-state index is 12.6. The van der Waals surface area contributed by atoms with Crippen LogP contribution < -0.4 is 5.32 Å². The number of para-hydroxylation sites is 1. The standard InChI is InChI=1S/C27H18Cl2N2O2S/c1-16-21(27-31-23-6-2-3-8-25(23)34-27)5-4-7-22(16)30-26(32)12-10-20-9-11-24(33-20)17-13-18(28)15-19(29)14-17/h2-15H,1H3,(H,30,32)/b12-10+. The predicted molar refractivity (Wildman–Crippen MR) is 142 cm³/mol. The Bertz CT molecular complexity index is 1500. The number of carbonyl (C=O) groups is 1. The molecule has 0 bridgehead atoms. The van der Waals surface area contributed by atoms with E-state index in [1.54, 1.807) is 41.7 Å². The number of benzene rings is 3. The van der Waals surface area contributed by atoms with Gasteiger partial charge in [0, 0.05) is 32.9 Å². The number of halogens is 2. The van der Waals surface area contributed by atoms with E-state index in [-0.39, 0.29) is 5.91 Å². The highest BCUT2D eigenvalue weighted by atomic mass is 35.5. The molecule has 0 unspecified atom stereocenters. The van der Waals surface area contributed by atoms with Crippen LogP contribution in [0.1, 0.15) is 11.3 Å². The molecule has 5 rings (SSSR count). The van der Waals surface area contributed by atoms with Crippen molar-refractivity contribution in [1.29, 1.82) is 0 Å². The van der Waals surface area contributed by atoms with Crippen molar-refractivity contribution in [3.63, 3.8) is 0 Å². The molecule has 1 N–H and O–H groups in total. The molecule has 0 aliphatic rings. The van der Waals surface area contributed by atoms with Gasteiger partial charge in [-0.15, -0.1) is 11.3 Å². The second-order valence-corrected chi connectivity index (χ2v) is 9.55. The van der Waals surface area contributed by atoms with Crippen molar-refractivity contribution >= 4 is 62.4 Å². The highest BCUT2D eigenvalue weighted by Crippen LogP contribution is 2.34. The molecule has 7 heteroatoms. The molecule has 3 aromatic carbocycles. The zero-order valence-electron chi connectivity index (χ0n) is 18.0. The van der Waals surface area contributed by atoms with Gasteiger partial charge in [-0.25, -0.2) is 4.98 Å². The second kappa shape index (κ2) is 9.47. The zero-order chi connectivity index (χ0) is 23.7. The number of anilines is 1. The molecule has 0 aliphatic heterocycles. The van der Waals surface area contributed by atoms with Crippen LogP contribution >= 0.6 is 34.5 Å². The van der Waals surface area contributed by atoms with Crippen LogP contribution in [0.15, 0.2) is 83.3 Å². The summed E-state index contributed by atoms with van der Waals surface area (Å²) in [5.41, 5.74) is 4.43. The number of carbonyl (C=O) groups excluding carboxylic acids is 1. The first-order valence-corrected chi connectivity index (χ1v) is 12.0. The lowest BCUT2D eigenvalue weighted by atomic mass is 10.1. The number of aromatic nitrogens is 1. The molecule has 0 atom stereocenters. The number of hydrogen-bond donors (Lipinski definition) is 1. The summed E-state index contributed by atoms with van der Waals surface area (Å²) in [6, 6.07) is 22.7. The van der Waals surface area contributed by atoms with Crippen molar-refractivity contribution in [2.75, 3.05) is 5.32 Å². The van der Waals surface area contributed by atoms with Crippen molar-refractivity contribution < 1.29 is 9.21 Å². The monoisotopic (exact) mass is 504 g/mol. The van der Waals surface area contributed by atoms with Crippen molar-refractivity contribution in [3.05, 3.63) is 100 Å². The maximum Gasteiger partial charge on any atom is 0.248 e. The highest BCUT2D eigenvalue weighted by Gasteiger charge is 2.12. The number of amides is 1. The summed E-state index contributed by atoms with van der Waals surface area (Å²) in [4.78, 5) is 17.3. The molecule has 1 amide bonds. The van der Waals surface area contributed by atoms with E-state index < -0.39 is 0 Å². The van der Waals surface area contributed by atoms with Gasteiger partial charge in [0.15, 0.2) is 0 Å². The minimum Gasteiger partial charge on any atom is -0.457 e. The SMILES string of the molecule is Cc1c(NC(=O)/C=C/c2ccc(-c3cc(Cl)cc(Cl)c3)o2)cccc1-c1nc2ccccc2s1. The maximum absolute atomic E-state index is 12.6. The van der Waals surface area contributed by atoms with Crippen LogP contribution in [0.5, 0.6) is 0 Å². The van der Waals surface area contributed by atoms with Crippen molar-refractivity contribution in [2.24, 2.45) is 0 Å². The van der Waals surface area contributed by atoms with Crippen molar-refractivity contribution in [3.8, 4) is 21.9 Å². The molecule has 0 saturated heterocycles. The average molecular weight is 505 g/mol. The number of hydrogen-bond acceptors (Lipinski definition) is 4. The van der Waals surface area contributed by atoms with Gasteiger partial charge in [0.05, 0.1) is 10.2 Å². The Kier molecular flexibility index (Phi) is 6.24. The summed E-state index contributed by atoms with van der Waals surface area (Å²) in [5, 5.41) is 4.93. The van der Waals surface area contributed by atoms with Gasteiger partial charge in [-0.2, -0.15) is 0 Å². The molecule has 2 aromatic heterocycles. The predicted octanol–water partition coefficient (Wildman–Crippen LogP) is 8.49. The van der Waals surface area contributed by atoms with E-state index in [4.69, 9.17) is 32.6 Å². The van der Waals surface area contributed by atoms with E-state index >= 15 is 0 Å². The van der Waals surface area contributed by atoms with Crippen LogP contribution in [-0.4, -0.2) is 10.9 Å². The van der Waals surface area contributed by atoms with Gasteiger partial charge in [0.1, 0.15) is 16.5 Å². The van der Waals surface area contributed by atoms with Gasteiger partial charge in [-0.1, -0.05) is 47.5 Å². The first-order chi connectivity index (χ1) is 16.5. The summed E-state index contributed by atoms with van der Waals surface area (Å²) < 4.78 is 6.95.